The SMILES string of the molecule is O=C(Nc1cccc2cccc(NC(=O)c3ccccc3P(c3ccccc3)c3ccccc3)c12)c1ccccc1P(c1ccccc1)c1ccccc1. The highest BCUT2D eigenvalue weighted by atomic mass is 31.1. The molecule has 2 amide bonds. The number of amides is 2. The van der Waals surface area contributed by atoms with Gasteiger partial charge in [-0.1, -0.05) is 182 Å². The van der Waals surface area contributed by atoms with Crippen molar-refractivity contribution >= 4 is 81.6 Å². The van der Waals surface area contributed by atoms with Gasteiger partial charge in [-0.2, -0.15) is 0 Å². The number of hydrogen-bond donors (Lipinski definition) is 2. The van der Waals surface area contributed by atoms with Crippen molar-refractivity contribution in [3.05, 3.63) is 217 Å². The molecule has 2 N–H and O–H groups in total. The minimum absolute atomic E-state index is 0.208. The van der Waals surface area contributed by atoms with E-state index in [-0.39, 0.29) is 11.8 Å². The summed E-state index contributed by atoms with van der Waals surface area (Å²) in [4.78, 5) is 28.8. The Hall–Kier alpha value is -6.18. The number of hydrogen-bond acceptors (Lipinski definition) is 2. The molecule has 0 heterocycles. The van der Waals surface area contributed by atoms with Gasteiger partial charge in [0.1, 0.15) is 0 Å². The summed E-state index contributed by atoms with van der Waals surface area (Å²) in [7, 11) is -2.02. The van der Waals surface area contributed by atoms with Crippen molar-refractivity contribution in [3.8, 4) is 0 Å². The summed E-state index contributed by atoms with van der Waals surface area (Å²) >= 11 is 0. The number of benzene rings is 8. The normalized spacial score (nSPS) is 11.1. The van der Waals surface area contributed by atoms with Crippen LogP contribution in [0.1, 0.15) is 20.7 Å². The molecule has 8 aromatic carbocycles. The van der Waals surface area contributed by atoms with Crippen molar-refractivity contribution < 1.29 is 9.59 Å². The third-order valence-corrected chi connectivity index (χ3v) is 14.2. The van der Waals surface area contributed by atoms with Gasteiger partial charge in [-0.05, 0) is 77.3 Å². The number of fused-ring (bicyclic) bond motifs is 1. The highest BCUT2D eigenvalue weighted by Gasteiger charge is 2.25. The van der Waals surface area contributed by atoms with Crippen LogP contribution >= 0.6 is 15.8 Å². The number of rotatable bonds is 10. The first-order valence-corrected chi connectivity index (χ1v) is 20.5. The molecular formula is C48H36N2O2P2. The van der Waals surface area contributed by atoms with E-state index in [1.54, 1.807) is 0 Å². The minimum Gasteiger partial charge on any atom is -0.321 e. The van der Waals surface area contributed by atoms with Crippen molar-refractivity contribution in [3.63, 3.8) is 0 Å². The van der Waals surface area contributed by atoms with Crippen LogP contribution < -0.4 is 42.5 Å². The molecule has 0 aliphatic carbocycles. The lowest BCUT2D eigenvalue weighted by atomic mass is 10.1. The van der Waals surface area contributed by atoms with Crippen LogP contribution in [0.25, 0.3) is 10.8 Å². The van der Waals surface area contributed by atoms with Gasteiger partial charge in [0.05, 0.1) is 11.4 Å². The molecule has 0 spiro atoms. The lowest BCUT2D eigenvalue weighted by Gasteiger charge is -2.23. The fraction of sp³-hybridized carbons (Fsp3) is 0. The molecular weight excluding hydrogens is 698 g/mol. The summed E-state index contributed by atoms with van der Waals surface area (Å²) in [6.07, 6.45) is 0. The average Bonchev–Trinajstić information content (AvgIpc) is 3.23. The van der Waals surface area contributed by atoms with E-state index in [1.165, 1.54) is 0 Å². The monoisotopic (exact) mass is 734 g/mol. The molecule has 0 aliphatic heterocycles. The van der Waals surface area contributed by atoms with Crippen molar-refractivity contribution in [2.75, 3.05) is 10.6 Å². The van der Waals surface area contributed by atoms with Gasteiger partial charge in [0.25, 0.3) is 11.8 Å². The molecule has 6 heteroatoms. The van der Waals surface area contributed by atoms with E-state index in [0.717, 1.165) is 42.6 Å². The fourth-order valence-electron chi connectivity index (χ4n) is 6.81. The first-order valence-electron chi connectivity index (χ1n) is 17.8. The maximum atomic E-state index is 14.4. The summed E-state index contributed by atoms with van der Waals surface area (Å²) in [6.45, 7) is 0. The molecule has 4 nitrogen and oxygen atoms in total. The molecule has 0 aliphatic rings. The summed E-state index contributed by atoms with van der Waals surface area (Å²) < 4.78 is 0. The quantitative estimate of drug-likeness (QED) is 0.138. The second-order valence-electron chi connectivity index (χ2n) is 12.7. The molecule has 0 fully saturated rings. The van der Waals surface area contributed by atoms with Gasteiger partial charge in [-0.25, -0.2) is 0 Å². The zero-order valence-corrected chi connectivity index (χ0v) is 31.1. The van der Waals surface area contributed by atoms with Gasteiger partial charge in [0.2, 0.25) is 0 Å². The Morgan fingerprint density at radius 1 is 0.333 bits per heavy atom. The standard InChI is InChI=1S/C48H36N2O2P2/c51-47(40-29-13-15-33-44(40)53(36-21-5-1-6-22-36)37-23-7-2-8-24-37)49-42-31-17-19-35-20-18-32-43(46(35)42)50-48(52)41-30-14-16-34-45(41)54(38-25-9-3-10-26-38)39-27-11-4-12-28-39/h1-34H,(H,49,51)(H,50,52). The zero-order valence-electron chi connectivity index (χ0n) is 29.3. The van der Waals surface area contributed by atoms with Crippen molar-refractivity contribution in [1.29, 1.82) is 0 Å². The van der Waals surface area contributed by atoms with Crippen LogP contribution in [0, 0.1) is 0 Å². The first kappa shape index (κ1) is 34.9. The van der Waals surface area contributed by atoms with Gasteiger partial charge in [0.15, 0.2) is 0 Å². The number of nitrogens with one attached hydrogen (secondary N) is 2. The van der Waals surface area contributed by atoms with E-state index in [1.807, 2.05) is 146 Å². The van der Waals surface area contributed by atoms with E-state index in [2.05, 4.69) is 71.3 Å². The fourth-order valence-corrected chi connectivity index (χ4v) is 11.7. The Morgan fingerprint density at radius 2 is 0.648 bits per heavy atom. The molecule has 8 aromatic rings. The maximum absolute atomic E-state index is 14.4. The summed E-state index contributed by atoms with van der Waals surface area (Å²) in [6, 6.07) is 68.9. The Kier molecular flexibility index (Phi) is 10.5. The molecule has 0 atom stereocenters. The number of carbonyl (C=O) groups is 2. The van der Waals surface area contributed by atoms with Crippen molar-refractivity contribution in [2.45, 2.75) is 0 Å². The van der Waals surface area contributed by atoms with Gasteiger partial charge in [-0.15, -0.1) is 0 Å². The molecule has 0 saturated carbocycles. The lowest BCUT2D eigenvalue weighted by molar-refractivity contribution is 0.102. The van der Waals surface area contributed by atoms with Gasteiger partial charge in [-0.3, -0.25) is 9.59 Å². The third-order valence-electron chi connectivity index (χ3n) is 9.24. The second-order valence-corrected chi connectivity index (χ2v) is 17.0. The smallest absolute Gasteiger partial charge is 0.256 e. The van der Waals surface area contributed by atoms with Gasteiger partial charge in [0, 0.05) is 16.5 Å². The molecule has 0 aromatic heterocycles. The highest BCUT2D eigenvalue weighted by molar-refractivity contribution is 7.80. The third kappa shape index (κ3) is 7.36. The highest BCUT2D eigenvalue weighted by Crippen LogP contribution is 2.37. The van der Waals surface area contributed by atoms with Crippen LogP contribution in [0.15, 0.2) is 206 Å². The first-order chi connectivity index (χ1) is 26.7. The Morgan fingerprint density at radius 3 is 1.00 bits per heavy atom. The predicted octanol–water partition coefficient (Wildman–Crippen LogP) is 8.86. The average molecular weight is 735 g/mol. The lowest BCUT2D eigenvalue weighted by Crippen LogP contribution is -2.28. The predicted molar refractivity (Wildman–Crippen MR) is 230 cm³/mol. The number of anilines is 2. The molecule has 0 bridgehead atoms. The largest absolute Gasteiger partial charge is 0.321 e. The van der Waals surface area contributed by atoms with E-state index in [4.69, 9.17) is 0 Å². The molecule has 0 unspecified atom stereocenters. The summed E-state index contributed by atoms with van der Waals surface area (Å²) in [5, 5.41) is 14.8. The van der Waals surface area contributed by atoms with E-state index >= 15 is 0 Å². The molecule has 8 rings (SSSR count). The van der Waals surface area contributed by atoms with Crippen LogP contribution in [0.2, 0.25) is 0 Å². The minimum atomic E-state index is -1.01. The molecule has 260 valence electrons. The van der Waals surface area contributed by atoms with Crippen molar-refractivity contribution in [1.82, 2.24) is 0 Å². The summed E-state index contributed by atoms with van der Waals surface area (Å²) in [5.74, 6) is -0.416. The van der Waals surface area contributed by atoms with Crippen LogP contribution in [0.4, 0.5) is 11.4 Å². The Balaban J connectivity index is 1.15. The van der Waals surface area contributed by atoms with Crippen molar-refractivity contribution in [2.24, 2.45) is 0 Å². The maximum Gasteiger partial charge on any atom is 0.256 e. The van der Waals surface area contributed by atoms with Gasteiger partial charge >= 0.3 is 0 Å². The van der Waals surface area contributed by atoms with Crippen LogP contribution in [0.5, 0.6) is 0 Å². The molecule has 54 heavy (non-hydrogen) atoms. The van der Waals surface area contributed by atoms with Crippen LogP contribution in [-0.4, -0.2) is 11.8 Å². The Bertz CT molecular complexity index is 2290. The second kappa shape index (κ2) is 16.2. The topological polar surface area (TPSA) is 58.2 Å². The van der Waals surface area contributed by atoms with Gasteiger partial charge < -0.3 is 10.6 Å². The van der Waals surface area contributed by atoms with E-state index in [0.29, 0.717) is 22.5 Å². The van der Waals surface area contributed by atoms with E-state index in [9.17, 15) is 9.59 Å². The zero-order chi connectivity index (χ0) is 36.7. The molecule has 0 radical (unpaired) electrons. The number of carbonyl (C=O) groups excluding carboxylic acids is 2. The van der Waals surface area contributed by atoms with Crippen LogP contribution in [0.3, 0.4) is 0 Å². The van der Waals surface area contributed by atoms with E-state index < -0.39 is 15.8 Å². The molecule has 0 saturated heterocycles. The summed E-state index contributed by atoms with van der Waals surface area (Å²) in [5.41, 5.74) is 2.46. The Labute approximate surface area is 318 Å². The van der Waals surface area contributed by atoms with Crippen LogP contribution in [-0.2, 0) is 0 Å².